The summed E-state index contributed by atoms with van der Waals surface area (Å²) in [7, 11) is 0. The predicted octanol–water partition coefficient (Wildman–Crippen LogP) is 27.4. The molecule has 0 saturated heterocycles. The van der Waals surface area contributed by atoms with Crippen molar-refractivity contribution in [3.63, 3.8) is 0 Å². The van der Waals surface area contributed by atoms with Crippen LogP contribution in [0.5, 0.6) is 0 Å². The molecule has 0 radical (unpaired) electrons. The summed E-state index contributed by atoms with van der Waals surface area (Å²) in [5, 5.41) is 23.5. The highest BCUT2D eigenvalue weighted by Crippen LogP contribution is 2.21. The van der Waals surface area contributed by atoms with Crippen molar-refractivity contribution in [3.8, 4) is 0 Å². The van der Waals surface area contributed by atoms with E-state index in [1.807, 2.05) is 0 Å². The number of ether oxygens (including phenoxy) is 1. The van der Waals surface area contributed by atoms with Gasteiger partial charge in [0.2, 0.25) is 5.91 Å². The van der Waals surface area contributed by atoms with Crippen LogP contribution in [-0.2, 0) is 14.3 Å². The van der Waals surface area contributed by atoms with E-state index in [9.17, 15) is 19.8 Å². The molecule has 530 valence electrons. The lowest BCUT2D eigenvalue weighted by atomic mass is 10.0. The summed E-state index contributed by atoms with van der Waals surface area (Å²) in [4.78, 5) is 24.7. The SMILES string of the molecule is CCCCCCCC/C=C\CCCCCCCCCCCC(=O)OCCCCCCCCCCCCCCCCCCCCCCCCCCCCCCC(=O)NC(CO)C(O)CCCCCCCCCCCCCCCCCCCCCCCCCCC. The number of nitrogens with one attached hydrogen (secondary N) is 1. The number of amides is 1. The largest absolute Gasteiger partial charge is 0.466 e. The van der Waals surface area contributed by atoms with Crippen LogP contribution in [0.15, 0.2) is 12.2 Å². The van der Waals surface area contributed by atoms with Gasteiger partial charge in [-0.25, -0.2) is 0 Å². The second-order valence-corrected chi connectivity index (χ2v) is 28.8. The lowest BCUT2D eigenvalue weighted by Gasteiger charge is -2.22. The highest BCUT2D eigenvalue weighted by atomic mass is 16.5. The van der Waals surface area contributed by atoms with Crippen molar-refractivity contribution in [1.29, 1.82) is 0 Å². The number of rotatable bonds is 79. The van der Waals surface area contributed by atoms with Gasteiger partial charge in [0, 0.05) is 12.8 Å². The Morgan fingerprint density at radius 3 is 0.798 bits per heavy atom. The fraction of sp³-hybridized carbons (Fsp3) is 0.952. The Balaban J connectivity index is 3.33. The number of aliphatic hydroxyl groups excluding tert-OH is 2. The molecule has 0 aromatic carbocycles. The first-order valence-electron chi connectivity index (χ1n) is 41.4. The van der Waals surface area contributed by atoms with Crippen molar-refractivity contribution in [1.82, 2.24) is 5.32 Å². The number of unbranched alkanes of at least 4 members (excludes halogenated alkanes) is 66. The summed E-state index contributed by atoms with van der Waals surface area (Å²) in [5.41, 5.74) is 0. The topological polar surface area (TPSA) is 95.9 Å². The van der Waals surface area contributed by atoms with Crippen molar-refractivity contribution in [2.45, 2.75) is 495 Å². The summed E-state index contributed by atoms with van der Waals surface area (Å²) in [6.45, 7) is 5.01. The molecule has 0 aromatic heterocycles. The van der Waals surface area contributed by atoms with E-state index in [4.69, 9.17) is 4.74 Å². The molecule has 0 saturated carbocycles. The number of esters is 1. The monoisotopic (exact) mass is 1250 g/mol. The molecule has 2 unspecified atom stereocenters. The zero-order chi connectivity index (χ0) is 64.2. The van der Waals surface area contributed by atoms with Gasteiger partial charge >= 0.3 is 5.97 Å². The van der Waals surface area contributed by atoms with Crippen LogP contribution >= 0.6 is 0 Å². The second-order valence-electron chi connectivity index (χ2n) is 28.8. The Morgan fingerprint density at radius 2 is 0.528 bits per heavy atom. The first kappa shape index (κ1) is 87.6. The van der Waals surface area contributed by atoms with E-state index in [2.05, 4.69) is 31.3 Å². The molecule has 89 heavy (non-hydrogen) atoms. The smallest absolute Gasteiger partial charge is 0.305 e. The van der Waals surface area contributed by atoms with E-state index in [1.165, 1.54) is 411 Å². The van der Waals surface area contributed by atoms with Crippen LogP contribution in [0.3, 0.4) is 0 Å². The Kier molecular flexibility index (Phi) is 77.8. The molecule has 3 N–H and O–H groups in total. The van der Waals surface area contributed by atoms with Crippen LogP contribution in [0.25, 0.3) is 0 Å². The zero-order valence-corrected chi connectivity index (χ0v) is 61.0. The molecule has 0 fully saturated rings. The Labute approximate surface area is 559 Å². The molecule has 0 bridgehead atoms. The summed E-state index contributed by atoms with van der Waals surface area (Å²) in [6, 6.07) is -0.540. The van der Waals surface area contributed by atoms with Gasteiger partial charge in [-0.2, -0.15) is 0 Å². The fourth-order valence-corrected chi connectivity index (χ4v) is 13.5. The van der Waals surface area contributed by atoms with Gasteiger partial charge in [-0.05, 0) is 51.4 Å². The average molecular weight is 1260 g/mol. The number of hydrogen-bond donors (Lipinski definition) is 3. The molecule has 0 spiro atoms. The van der Waals surface area contributed by atoms with E-state index < -0.39 is 12.1 Å². The number of carbonyl (C=O) groups is 2. The highest BCUT2D eigenvalue weighted by Gasteiger charge is 2.20. The normalized spacial score (nSPS) is 12.4. The van der Waals surface area contributed by atoms with Crippen molar-refractivity contribution in [3.05, 3.63) is 12.2 Å². The molecule has 0 aliphatic heterocycles. The minimum absolute atomic E-state index is 0.0200. The van der Waals surface area contributed by atoms with Gasteiger partial charge in [-0.15, -0.1) is 0 Å². The maximum absolute atomic E-state index is 12.6. The molecule has 0 aliphatic carbocycles. The molecule has 0 aliphatic rings. The minimum Gasteiger partial charge on any atom is -0.466 e. The summed E-state index contributed by atoms with van der Waals surface area (Å²) >= 11 is 0. The Bertz CT molecular complexity index is 1350. The molecular weight excluding hydrogens is 1090 g/mol. The van der Waals surface area contributed by atoms with Crippen molar-refractivity contribution < 1.29 is 24.5 Å². The number of allylic oxidation sites excluding steroid dienone is 2. The lowest BCUT2D eigenvalue weighted by Crippen LogP contribution is -2.45. The van der Waals surface area contributed by atoms with Gasteiger partial charge in [0.1, 0.15) is 0 Å². The zero-order valence-electron chi connectivity index (χ0n) is 61.0. The lowest BCUT2D eigenvalue weighted by molar-refractivity contribution is -0.143. The van der Waals surface area contributed by atoms with Crippen molar-refractivity contribution in [2.75, 3.05) is 13.2 Å². The molecule has 2 atom stereocenters. The van der Waals surface area contributed by atoms with Crippen LogP contribution in [0.4, 0.5) is 0 Å². The standard InChI is InChI=1S/C83H163NO5/c1-3-5-7-9-11-13-15-17-19-21-23-24-25-30-33-36-40-43-47-51-55-59-63-67-71-75-81(86)80(79-85)84-82(87)76-72-68-64-60-56-52-48-44-41-37-34-31-28-26-27-29-32-35-38-42-46-50-54-58-62-66-70-74-78-89-83(88)77-73-69-65-61-57-53-49-45-39-22-20-18-16-14-12-10-8-6-4-2/h18,20,80-81,85-86H,3-17,19,21-79H2,1-2H3,(H,84,87)/b20-18-. The Hall–Kier alpha value is -1.40. The van der Waals surface area contributed by atoms with E-state index >= 15 is 0 Å². The molecular formula is C83H163NO5. The number of aliphatic hydroxyl groups is 2. The van der Waals surface area contributed by atoms with Gasteiger partial charge in [0.05, 0.1) is 25.4 Å². The first-order chi connectivity index (χ1) is 44.0. The summed E-state index contributed by atoms with van der Waals surface area (Å²) in [5.74, 6) is -0.00520. The molecule has 0 rings (SSSR count). The molecule has 6 nitrogen and oxygen atoms in total. The van der Waals surface area contributed by atoms with E-state index in [0.29, 0.717) is 25.9 Å². The number of carbonyl (C=O) groups excluding carboxylic acids is 2. The third-order valence-corrected chi connectivity index (χ3v) is 19.8. The summed E-state index contributed by atoms with van der Waals surface area (Å²) in [6.07, 6.45) is 100. The van der Waals surface area contributed by atoms with E-state index in [0.717, 1.165) is 38.5 Å². The maximum atomic E-state index is 12.6. The first-order valence-corrected chi connectivity index (χ1v) is 41.4. The summed E-state index contributed by atoms with van der Waals surface area (Å²) < 4.78 is 5.52. The molecule has 1 amide bonds. The third-order valence-electron chi connectivity index (χ3n) is 19.8. The maximum Gasteiger partial charge on any atom is 0.305 e. The molecule has 0 aromatic rings. The van der Waals surface area contributed by atoms with Gasteiger partial charge in [-0.3, -0.25) is 9.59 Å². The predicted molar refractivity (Wildman–Crippen MR) is 394 cm³/mol. The average Bonchev–Trinajstić information content (AvgIpc) is 3.57. The van der Waals surface area contributed by atoms with E-state index in [-0.39, 0.29) is 18.5 Å². The van der Waals surface area contributed by atoms with Crippen LogP contribution in [0.1, 0.15) is 483 Å². The molecule has 6 heteroatoms. The highest BCUT2D eigenvalue weighted by molar-refractivity contribution is 5.76. The quantitative estimate of drug-likeness (QED) is 0.0320. The van der Waals surface area contributed by atoms with Crippen LogP contribution in [-0.4, -0.2) is 47.4 Å². The Morgan fingerprint density at radius 1 is 0.303 bits per heavy atom. The second kappa shape index (κ2) is 79.0. The van der Waals surface area contributed by atoms with Crippen molar-refractivity contribution >= 4 is 11.9 Å². The third kappa shape index (κ3) is 75.5. The van der Waals surface area contributed by atoms with Crippen LogP contribution in [0.2, 0.25) is 0 Å². The van der Waals surface area contributed by atoms with Gasteiger partial charge in [0.25, 0.3) is 0 Å². The van der Waals surface area contributed by atoms with Gasteiger partial charge in [0.15, 0.2) is 0 Å². The minimum atomic E-state index is -0.663. The van der Waals surface area contributed by atoms with Crippen LogP contribution < -0.4 is 5.32 Å². The van der Waals surface area contributed by atoms with Gasteiger partial charge in [-0.1, -0.05) is 431 Å². The number of hydrogen-bond acceptors (Lipinski definition) is 5. The van der Waals surface area contributed by atoms with E-state index in [1.54, 1.807) is 0 Å². The fourth-order valence-electron chi connectivity index (χ4n) is 13.5. The molecule has 0 heterocycles. The van der Waals surface area contributed by atoms with Crippen molar-refractivity contribution in [2.24, 2.45) is 0 Å². The van der Waals surface area contributed by atoms with Gasteiger partial charge < -0.3 is 20.3 Å². The van der Waals surface area contributed by atoms with Crippen LogP contribution in [0, 0.1) is 0 Å².